The van der Waals surface area contributed by atoms with Crippen LogP contribution in [0.4, 0.5) is 33.6 Å². The number of aromatic nitrogens is 8. The molecule has 0 aliphatic carbocycles. The van der Waals surface area contributed by atoms with E-state index in [2.05, 4.69) is 62.8 Å². The van der Waals surface area contributed by atoms with Crippen molar-refractivity contribution in [2.75, 3.05) is 52.8 Å². The van der Waals surface area contributed by atoms with Crippen LogP contribution in [0.1, 0.15) is 106 Å². The van der Waals surface area contributed by atoms with Crippen molar-refractivity contribution in [3.63, 3.8) is 0 Å². The Morgan fingerprint density at radius 3 is 1.18 bits per heavy atom. The molecule has 0 spiro atoms. The van der Waals surface area contributed by atoms with Crippen LogP contribution in [0.5, 0.6) is 0 Å². The molecule has 27 heteroatoms. The highest BCUT2D eigenvalue weighted by atomic mass is 16.6. The lowest BCUT2D eigenvalue weighted by Crippen LogP contribution is -2.34. The normalized spacial score (nSPS) is 11.0. The maximum Gasteiger partial charge on any atom is 0.407 e. The van der Waals surface area contributed by atoms with Crippen molar-refractivity contribution >= 4 is 82.2 Å². The Labute approximate surface area is 407 Å². The van der Waals surface area contributed by atoms with Crippen molar-refractivity contribution in [1.29, 1.82) is 0 Å². The summed E-state index contributed by atoms with van der Waals surface area (Å²) in [6.45, 7) is 7.51. The third kappa shape index (κ3) is 15.4. The number of ether oxygens (including phenoxy) is 1. The van der Waals surface area contributed by atoms with Gasteiger partial charge in [0, 0.05) is 112 Å². The number of anilines is 5. The van der Waals surface area contributed by atoms with Crippen molar-refractivity contribution in [2.45, 2.75) is 59.0 Å². The molecule has 0 aromatic carbocycles. The average molecular weight is 986 g/mol. The number of rotatable bonds is 21. The van der Waals surface area contributed by atoms with Gasteiger partial charge in [-0.25, -0.2) is 19.7 Å². The van der Waals surface area contributed by atoms with E-state index in [4.69, 9.17) is 4.74 Å². The summed E-state index contributed by atoms with van der Waals surface area (Å²) in [6.07, 6.45) is 7.21. The third-order valence-corrected chi connectivity index (χ3v) is 9.86. The summed E-state index contributed by atoms with van der Waals surface area (Å²) >= 11 is 0. The second-order valence-electron chi connectivity index (χ2n) is 17.1. The standard InChI is InChI=1S/C44H59N17O10/c1-10-14-45-40(67)35-54-29(22-59(35)7)51-32(62)11-15-46-38(65)27-18-25(20-57(27)5)49-41(68)36-55-30(23-60(36)8)52-33(63)12-16-47-39(66)28-19-26(21-58(28)6)50-42(69)37-56-31(24-61(37)9)53-34(64)13-17-48-43(70)71-44(2,3)4/h18-24H,10-17H2,1-9H3,(H,45,67)(H,46,65)(H,47,66)(H,48,70)(H,49,68)(H,50,69)(H,51,62)(H,52,63)(H,53,64). The molecule has 0 fully saturated rings. The highest BCUT2D eigenvalue weighted by Crippen LogP contribution is 2.18. The molecule has 71 heavy (non-hydrogen) atoms. The lowest BCUT2D eigenvalue weighted by atomic mass is 10.2. The van der Waals surface area contributed by atoms with E-state index >= 15 is 0 Å². The van der Waals surface area contributed by atoms with Crippen LogP contribution in [-0.2, 0) is 54.4 Å². The van der Waals surface area contributed by atoms with Gasteiger partial charge >= 0.3 is 6.09 Å². The first-order valence-electron chi connectivity index (χ1n) is 22.3. The van der Waals surface area contributed by atoms with Crippen LogP contribution in [0.15, 0.2) is 43.1 Å². The van der Waals surface area contributed by atoms with E-state index in [1.807, 2.05) is 6.92 Å². The fraction of sp³-hybridized carbons (Fsp3) is 0.409. The van der Waals surface area contributed by atoms with Crippen molar-refractivity contribution in [3.8, 4) is 0 Å². The number of aryl methyl sites for hydroxylation is 5. The zero-order chi connectivity index (χ0) is 52.2. The van der Waals surface area contributed by atoms with Crippen LogP contribution >= 0.6 is 0 Å². The van der Waals surface area contributed by atoms with Gasteiger partial charge < -0.3 is 75.4 Å². The third-order valence-electron chi connectivity index (χ3n) is 9.86. The first kappa shape index (κ1) is 53.2. The minimum absolute atomic E-state index is 0.0132. The van der Waals surface area contributed by atoms with Gasteiger partial charge in [0.05, 0.1) is 11.4 Å². The number of hydrogen-bond donors (Lipinski definition) is 9. The summed E-state index contributed by atoms with van der Waals surface area (Å²) in [6, 6.07) is 2.88. The zero-order valence-electron chi connectivity index (χ0n) is 40.9. The summed E-state index contributed by atoms with van der Waals surface area (Å²) in [5.41, 5.74) is 0.236. The Balaban J connectivity index is 1.03. The quantitative estimate of drug-likeness (QED) is 0.0505. The molecule has 9 amide bonds. The van der Waals surface area contributed by atoms with Gasteiger partial charge in [-0.3, -0.25) is 38.4 Å². The highest BCUT2D eigenvalue weighted by Gasteiger charge is 2.22. The molecule has 380 valence electrons. The molecule has 0 radical (unpaired) electrons. The Kier molecular flexibility index (Phi) is 17.6. The fourth-order valence-corrected chi connectivity index (χ4v) is 6.59. The molecule has 0 saturated carbocycles. The van der Waals surface area contributed by atoms with Crippen LogP contribution in [0.3, 0.4) is 0 Å². The summed E-state index contributed by atoms with van der Waals surface area (Å²) in [4.78, 5) is 127. The second kappa shape index (κ2) is 23.5. The summed E-state index contributed by atoms with van der Waals surface area (Å²) in [5.74, 6) is -3.61. The predicted molar refractivity (Wildman–Crippen MR) is 258 cm³/mol. The maximum absolute atomic E-state index is 13.2. The van der Waals surface area contributed by atoms with Gasteiger partial charge in [-0.1, -0.05) is 6.92 Å². The first-order chi connectivity index (χ1) is 33.5. The van der Waals surface area contributed by atoms with Gasteiger partial charge in [-0.2, -0.15) is 0 Å². The van der Waals surface area contributed by atoms with Crippen LogP contribution in [0, 0.1) is 0 Å². The molecule has 5 aromatic heterocycles. The van der Waals surface area contributed by atoms with E-state index in [1.165, 1.54) is 66.0 Å². The molecule has 0 bridgehead atoms. The lowest BCUT2D eigenvalue weighted by molar-refractivity contribution is -0.117. The largest absolute Gasteiger partial charge is 0.444 e. The molecule has 0 atom stereocenters. The van der Waals surface area contributed by atoms with Crippen LogP contribution in [0.25, 0.3) is 0 Å². The Hall–Kier alpha value is -8.78. The number of carbonyl (C=O) groups excluding carboxylic acids is 9. The van der Waals surface area contributed by atoms with E-state index < -0.39 is 53.0 Å². The Morgan fingerprint density at radius 1 is 0.465 bits per heavy atom. The van der Waals surface area contributed by atoms with Crippen molar-refractivity contribution < 1.29 is 47.9 Å². The summed E-state index contributed by atoms with van der Waals surface area (Å²) < 4.78 is 12.4. The number of carbonyl (C=O) groups is 9. The highest BCUT2D eigenvalue weighted by molar-refractivity contribution is 6.05. The average Bonchev–Trinajstić information content (AvgIpc) is 4.10. The van der Waals surface area contributed by atoms with Gasteiger partial charge in [0.2, 0.25) is 35.2 Å². The molecule has 9 N–H and O–H groups in total. The minimum Gasteiger partial charge on any atom is -0.444 e. The minimum atomic E-state index is -0.683. The first-order valence-corrected chi connectivity index (χ1v) is 22.3. The van der Waals surface area contributed by atoms with Crippen LogP contribution in [0.2, 0.25) is 0 Å². The molecule has 0 unspecified atom stereocenters. The molecule has 0 aliphatic heterocycles. The number of alkyl carbamates (subject to hydrolysis) is 1. The van der Waals surface area contributed by atoms with Gasteiger partial charge in [0.25, 0.3) is 29.5 Å². The van der Waals surface area contributed by atoms with Gasteiger partial charge in [0.15, 0.2) is 17.5 Å². The Morgan fingerprint density at radius 2 is 0.817 bits per heavy atom. The molecule has 5 heterocycles. The van der Waals surface area contributed by atoms with Crippen LogP contribution in [-0.4, -0.2) is 123 Å². The molecule has 27 nitrogen and oxygen atoms in total. The maximum atomic E-state index is 13.2. The van der Waals surface area contributed by atoms with E-state index in [-0.39, 0.29) is 102 Å². The van der Waals surface area contributed by atoms with Crippen molar-refractivity contribution in [1.82, 2.24) is 59.1 Å². The molecule has 0 saturated heterocycles. The van der Waals surface area contributed by atoms with Crippen molar-refractivity contribution in [3.05, 3.63) is 72.0 Å². The molecule has 5 rings (SSSR count). The lowest BCUT2D eigenvalue weighted by Gasteiger charge is -2.19. The molecule has 0 aliphatic rings. The van der Waals surface area contributed by atoms with Crippen LogP contribution < -0.4 is 47.9 Å². The van der Waals surface area contributed by atoms with Gasteiger partial charge in [-0.15, -0.1) is 0 Å². The van der Waals surface area contributed by atoms with E-state index in [0.717, 1.165) is 6.42 Å². The number of amides is 9. The summed E-state index contributed by atoms with van der Waals surface area (Å²) in [5, 5.41) is 23.7. The van der Waals surface area contributed by atoms with E-state index in [1.54, 1.807) is 56.0 Å². The SMILES string of the molecule is CCCNC(=O)c1nc(NC(=O)CCNC(=O)c2cc(NC(=O)c3nc(NC(=O)CCNC(=O)c4cc(NC(=O)c5nc(NC(=O)CCNC(=O)OC(C)(C)C)cn5C)cn4C)cn3C)cn2C)cn1C. The number of imidazole rings is 3. The van der Waals surface area contributed by atoms with Gasteiger partial charge in [0.1, 0.15) is 17.0 Å². The summed E-state index contributed by atoms with van der Waals surface area (Å²) in [7, 11) is 7.95. The molecular formula is C44H59N17O10. The van der Waals surface area contributed by atoms with E-state index in [9.17, 15) is 43.2 Å². The fourth-order valence-electron chi connectivity index (χ4n) is 6.59. The second-order valence-corrected chi connectivity index (χ2v) is 17.1. The van der Waals surface area contributed by atoms with Crippen molar-refractivity contribution in [2.24, 2.45) is 35.2 Å². The Bertz CT molecular complexity index is 2820. The monoisotopic (exact) mass is 985 g/mol. The van der Waals surface area contributed by atoms with Gasteiger partial charge in [-0.05, 0) is 39.3 Å². The zero-order valence-corrected chi connectivity index (χ0v) is 40.9. The molecule has 5 aromatic rings. The predicted octanol–water partition coefficient (Wildman–Crippen LogP) is 1.58. The number of hydrogen-bond acceptors (Lipinski definition) is 13. The number of nitrogens with one attached hydrogen (secondary N) is 9. The topological polar surface area (TPSA) is 334 Å². The molecular weight excluding hydrogens is 927 g/mol. The smallest absolute Gasteiger partial charge is 0.407 e. The number of nitrogens with zero attached hydrogens (tertiary/aromatic N) is 8. The van der Waals surface area contributed by atoms with E-state index in [0.29, 0.717) is 6.54 Å².